The minimum Gasteiger partial charge on any atom is -0.310 e. The van der Waals surface area contributed by atoms with Gasteiger partial charge in [-0.15, -0.1) is 11.3 Å². The van der Waals surface area contributed by atoms with Gasteiger partial charge in [-0.1, -0.05) is 6.07 Å². The number of halogens is 2. The van der Waals surface area contributed by atoms with Crippen molar-refractivity contribution in [1.82, 2.24) is 9.38 Å². The molecule has 2 amide bonds. The zero-order chi connectivity index (χ0) is 22.4. The van der Waals surface area contributed by atoms with Crippen LogP contribution in [0, 0.1) is 24.5 Å². The lowest BCUT2D eigenvalue weighted by Crippen LogP contribution is -2.29. The second-order valence-corrected chi connectivity index (χ2v) is 8.59. The summed E-state index contributed by atoms with van der Waals surface area (Å²) in [6.45, 7) is 1.85. The van der Waals surface area contributed by atoms with Gasteiger partial charge in [0.15, 0.2) is 4.96 Å². The van der Waals surface area contributed by atoms with Gasteiger partial charge in [0.05, 0.1) is 11.6 Å². The molecule has 1 aliphatic rings. The van der Waals surface area contributed by atoms with Crippen LogP contribution in [0.25, 0.3) is 16.2 Å². The first-order valence-corrected chi connectivity index (χ1v) is 10.9. The number of anilines is 2. The van der Waals surface area contributed by atoms with E-state index in [1.54, 1.807) is 41.8 Å². The second kappa shape index (κ2) is 7.83. The Morgan fingerprint density at radius 3 is 2.72 bits per heavy atom. The molecule has 9 heteroatoms. The average molecular weight is 452 g/mol. The number of nitrogens with zero attached hydrogens (tertiary/aromatic N) is 3. The molecule has 162 valence electrons. The van der Waals surface area contributed by atoms with Crippen molar-refractivity contribution in [2.45, 2.75) is 13.3 Å². The number of rotatable bonds is 4. The largest absolute Gasteiger partial charge is 0.310 e. The standard InChI is InChI=1S/C23H18F2N4O2S/c1-13-2-7-18(17(25)10-13)29-12-15(11-19(29)30)22(31)27-21-20(14-3-5-16(24)6-4-14)26-23-28(21)8-9-32-23/h2-10,15H,11-12H2,1H3,(H,27,31). The molecule has 1 atom stereocenters. The van der Waals surface area contributed by atoms with E-state index < -0.39 is 11.7 Å². The fourth-order valence-electron chi connectivity index (χ4n) is 3.88. The maximum absolute atomic E-state index is 14.4. The lowest BCUT2D eigenvalue weighted by atomic mass is 10.1. The van der Waals surface area contributed by atoms with Gasteiger partial charge >= 0.3 is 0 Å². The molecule has 4 aromatic rings. The van der Waals surface area contributed by atoms with Gasteiger partial charge in [0.2, 0.25) is 11.8 Å². The van der Waals surface area contributed by atoms with Crippen molar-refractivity contribution in [2.75, 3.05) is 16.8 Å². The molecule has 1 unspecified atom stereocenters. The fraction of sp³-hybridized carbons (Fsp3) is 0.174. The first-order chi connectivity index (χ1) is 15.4. The van der Waals surface area contributed by atoms with Crippen molar-refractivity contribution in [3.63, 3.8) is 0 Å². The smallest absolute Gasteiger partial charge is 0.230 e. The number of imidazole rings is 1. The molecule has 1 N–H and O–H groups in total. The molecule has 1 fully saturated rings. The zero-order valence-electron chi connectivity index (χ0n) is 17.0. The molecule has 2 aromatic carbocycles. The molecule has 0 spiro atoms. The highest BCUT2D eigenvalue weighted by Gasteiger charge is 2.37. The quantitative estimate of drug-likeness (QED) is 0.491. The van der Waals surface area contributed by atoms with Gasteiger partial charge < -0.3 is 10.2 Å². The highest BCUT2D eigenvalue weighted by molar-refractivity contribution is 7.15. The van der Waals surface area contributed by atoms with Crippen LogP contribution >= 0.6 is 11.3 Å². The molecule has 1 aliphatic heterocycles. The monoisotopic (exact) mass is 452 g/mol. The molecule has 0 radical (unpaired) electrons. The molecule has 5 rings (SSSR count). The molecule has 6 nitrogen and oxygen atoms in total. The first kappa shape index (κ1) is 20.3. The van der Waals surface area contributed by atoms with Gasteiger partial charge in [0, 0.05) is 30.1 Å². The molecular formula is C23H18F2N4O2S. The van der Waals surface area contributed by atoms with Crippen LogP contribution in [-0.2, 0) is 9.59 Å². The van der Waals surface area contributed by atoms with Crippen LogP contribution in [0.15, 0.2) is 54.0 Å². The lowest BCUT2D eigenvalue weighted by Gasteiger charge is -2.18. The summed E-state index contributed by atoms with van der Waals surface area (Å²) < 4.78 is 29.5. The molecular weight excluding hydrogens is 434 g/mol. The first-order valence-electron chi connectivity index (χ1n) is 9.99. The van der Waals surface area contributed by atoms with Gasteiger partial charge in [0.25, 0.3) is 0 Å². The second-order valence-electron chi connectivity index (χ2n) is 7.72. The van der Waals surface area contributed by atoms with Gasteiger partial charge in [-0.2, -0.15) is 0 Å². The van der Waals surface area contributed by atoms with Crippen LogP contribution in [-0.4, -0.2) is 27.7 Å². The maximum atomic E-state index is 14.4. The number of carbonyl (C=O) groups is 2. The summed E-state index contributed by atoms with van der Waals surface area (Å²) in [4.78, 5) is 32.2. The summed E-state index contributed by atoms with van der Waals surface area (Å²) >= 11 is 1.40. The fourth-order valence-corrected chi connectivity index (χ4v) is 4.59. The average Bonchev–Trinajstić information content (AvgIpc) is 3.45. The third-order valence-electron chi connectivity index (χ3n) is 5.51. The molecule has 0 saturated carbocycles. The Morgan fingerprint density at radius 2 is 1.97 bits per heavy atom. The Kier molecular flexibility index (Phi) is 4.97. The van der Waals surface area contributed by atoms with Crippen LogP contribution < -0.4 is 10.2 Å². The van der Waals surface area contributed by atoms with Crippen LogP contribution in [0.2, 0.25) is 0 Å². The number of aromatic nitrogens is 2. The van der Waals surface area contributed by atoms with Crippen molar-refractivity contribution in [1.29, 1.82) is 0 Å². The zero-order valence-corrected chi connectivity index (χ0v) is 17.8. The number of benzene rings is 2. The lowest BCUT2D eigenvalue weighted by molar-refractivity contribution is -0.122. The molecule has 3 heterocycles. The van der Waals surface area contributed by atoms with E-state index in [0.29, 0.717) is 22.0 Å². The summed E-state index contributed by atoms with van der Waals surface area (Å²) in [6.07, 6.45) is 1.76. The van der Waals surface area contributed by atoms with Crippen molar-refractivity contribution in [2.24, 2.45) is 5.92 Å². The van der Waals surface area contributed by atoms with Crippen molar-refractivity contribution in [3.8, 4) is 11.3 Å². The molecule has 32 heavy (non-hydrogen) atoms. The Labute approximate surface area is 186 Å². The van der Waals surface area contributed by atoms with Crippen LogP contribution in [0.5, 0.6) is 0 Å². The Bertz CT molecular complexity index is 1350. The van der Waals surface area contributed by atoms with E-state index >= 15 is 0 Å². The number of nitrogens with one attached hydrogen (secondary N) is 1. The summed E-state index contributed by atoms with van der Waals surface area (Å²) in [6, 6.07) is 10.5. The molecule has 0 bridgehead atoms. The van der Waals surface area contributed by atoms with Gasteiger partial charge in [-0.25, -0.2) is 13.8 Å². The highest BCUT2D eigenvalue weighted by Crippen LogP contribution is 2.33. The minimum absolute atomic E-state index is 0.0172. The van der Waals surface area contributed by atoms with E-state index in [-0.39, 0.29) is 36.3 Å². The van der Waals surface area contributed by atoms with Gasteiger partial charge in [-0.3, -0.25) is 14.0 Å². The predicted octanol–water partition coefficient (Wildman–Crippen LogP) is 4.64. The van der Waals surface area contributed by atoms with Crippen molar-refractivity contribution < 1.29 is 18.4 Å². The van der Waals surface area contributed by atoms with E-state index in [1.165, 1.54) is 34.4 Å². The maximum Gasteiger partial charge on any atom is 0.230 e. The minimum atomic E-state index is -0.645. The molecule has 0 aliphatic carbocycles. The van der Waals surface area contributed by atoms with E-state index in [1.807, 2.05) is 5.38 Å². The van der Waals surface area contributed by atoms with Crippen molar-refractivity contribution in [3.05, 3.63) is 71.2 Å². The van der Waals surface area contributed by atoms with Gasteiger partial charge in [0.1, 0.15) is 23.1 Å². The summed E-state index contributed by atoms with van der Waals surface area (Å²) in [5, 5.41) is 4.73. The number of hydrogen-bond acceptors (Lipinski definition) is 4. The highest BCUT2D eigenvalue weighted by atomic mass is 32.1. The molecule has 2 aromatic heterocycles. The summed E-state index contributed by atoms with van der Waals surface area (Å²) in [5.74, 6) is -1.72. The van der Waals surface area contributed by atoms with E-state index in [0.717, 1.165) is 5.56 Å². The number of thiazole rings is 1. The number of carbonyl (C=O) groups excluding carboxylic acids is 2. The number of amides is 2. The predicted molar refractivity (Wildman–Crippen MR) is 119 cm³/mol. The Morgan fingerprint density at radius 1 is 1.19 bits per heavy atom. The normalized spacial score (nSPS) is 16.2. The van der Waals surface area contributed by atoms with E-state index in [9.17, 15) is 18.4 Å². The Balaban J connectivity index is 1.42. The Hall–Kier alpha value is -3.59. The summed E-state index contributed by atoms with van der Waals surface area (Å²) in [7, 11) is 0. The third kappa shape index (κ3) is 3.54. The van der Waals surface area contributed by atoms with Crippen molar-refractivity contribution >= 4 is 39.6 Å². The summed E-state index contributed by atoms with van der Waals surface area (Å²) in [5.41, 5.74) is 2.09. The van der Waals surface area contributed by atoms with Crippen LogP contribution in [0.4, 0.5) is 20.3 Å². The van der Waals surface area contributed by atoms with E-state index in [4.69, 9.17) is 0 Å². The number of fused-ring (bicyclic) bond motifs is 1. The third-order valence-corrected chi connectivity index (χ3v) is 6.27. The van der Waals surface area contributed by atoms with Crippen LogP contribution in [0.1, 0.15) is 12.0 Å². The van der Waals surface area contributed by atoms with Crippen LogP contribution in [0.3, 0.4) is 0 Å². The topological polar surface area (TPSA) is 66.7 Å². The van der Waals surface area contributed by atoms with E-state index in [2.05, 4.69) is 10.3 Å². The SMILES string of the molecule is Cc1ccc(N2CC(C(=O)Nc3c(-c4ccc(F)cc4)nc4sccn34)CC2=O)c(F)c1. The van der Waals surface area contributed by atoms with Gasteiger partial charge in [-0.05, 0) is 48.9 Å². The molecule has 1 saturated heterocycles. The number of hydrogen-bond donors (Lipinski definition) is 1. The number of aryl methyl sites for hydroxylation is 1.